The van der Waals surface area contributed by atoms with Gasteiger partial charge in [-0.3, -0.25) is 0 Å². The molecule has 0 unspecified atom stereocenters. The maximum atomic E-state index is 14.1. The van der Waals surface area contributed by atoms with Crippen molar-refractivity contribution in [2.75, 3.05) is 37.7 Å². The van der Waals surface area contributed by atoms with Crippen LogP contribution in [-0.2, 0) is 17.6 Å². The van der Waals surface area contributed by atoms with Crippen LogP contribution in [0, 0.1) is 0 Å². The SMILES string of the molecule is CCOC(=O)c1ccccc1-c1c2ccc(=[N+](CC)CC)cc-2oc2c1c(=O)oc1c3c4c(cc12)CCCN4CCC3. The van der Waals surface area contributed by atoms with E-state index in [2.05, 4.69) is 29.4 Å². The fourth-order valence-corrected chi connectivity index (χ4v) is 7.01. The highest BCUT2D eigenvalue weighted by Crippen LogP contribution is 2.45. The highest BCUT2D eigenvalue weighted by Gasteiger charge is 2.31. The maximum absolute atomic E-state index is 14.1. The number of ether oxygens (including phenoxy) is 1. The zero-order valence-corrected chi connectivity index (χ0v) is 24.4. The van der Waals surface area contributed by atoms with Gasteiger partial charge in [0.2, 0.25) is 5.36 Å². The molecular formula is C35H35N2O5+. The van der Waals surface area contributed by atoms with Gasteiger partial charge in [-0.05, 0) is 75.8 Å². The lowest BCUT2D eigenvalue weighted by Crippen LogP contribution is -2.34. The van der Waals surface area contributed by atoms with Gasteiger partial charge in [0, 0.05) is 41.5 Å². The Morgan fingerprint density at radius 2 is 1.71 bits per heavy atom. The molecule has 0 radical (unpaired) electrons. The number of carbonyl (C=O) groups is 1. The summed E-state index contributed by atoms with van der Waals surface area (Å²) in [5.41, 5.74) is 6.66. The van der Waals surface area contributed by atoms with E-state index >= 15 is 0 Å². The predicted molar refractivity (Wildman–Crippen MR) is 165 cm³/mol. The van der Waals surface area contributed by atoms with Crippen molar-refractivity contribution >= 4 is 33.6 Å². The minimum absolute atomic E-state index is 0.254. The summed E-state index contributed by atoms with van der Waals surface area (Å²) in [6.45, 7) is 10.1. The summed E-state index contributed by atoms with van der Waals surface area (Å²) in [7, 11) is 0. The van der Waals surface area contributed by atoms with Crippen LogP contribution in [0.15, 0.2) is 62.2 Å². The fourth-order valence-electron chi connectivity index (χ4n) is 7.01. The Labute approximate surface area is 244 Å². The number of esters is 1. The van der Waals surface area contributed by atoms with E-state index in [9.17, 15) is 9.59 Å². The molecule has 7 nitrogen and oxygen atoms in total. The number of anilines is 1. The van der Waals surface area contributed by atoms with Crippen LogP contribution in [0.25, 0.3) is 44.4 Å². The number of hydrogen-bond acceptors (Lipinski definition) is 6. The van der Waals surface area contributed by atoms with Crippen LogP contribution in [0.5, 0.6) is 0 Å². The van der Waals surface area contributed by atoms with Gasteiger partial charge in [0.25, 0.3) is 0 Å². The normalized spacial score (nSPS) is 14.4. The second-order valence-corrected chi connectivity index (χ2v) is 11.1. The number of aryl methyl sites for hydroxylation is 2. The van der Waals surface area contributed by atoms with E-state index in [-0.39, 0.29) is 6.61 Å². The van der Waals surface area contributed by atoms with Crippen molar-refractivity contribution < 1.29 is 18.4 Å². The average Bonchev–Trinajstić information content (AvgIpc) is 3.01. The molecule has 7 heteroatoms. The summed E-state index contributed by atoms with van der Waals surface area (Å²) >= 11 is 0. The van der Waals surface area contributed by atoms with Gasteiger partial charge >= 0.3 is 11.6 Å². The maximum Gasteiger partial charge on any atom is 0.348 e. The quantitative estimate of drug-likeness (QED) is 0.0859. The molecule has 0 amide bonds. The summed E-state index contributed by atoms with van der Waals surface area (Å²) < 4.78 is 20.7. The molecule has 1 aliphatic carbocycles. The number of rotatable bonds is 5. The summed E-state index contributed by atoms with van der Waals surface area (Å²) in [4.78, 5) is 29.7. The lowest BCUT2D eigenvalue weighted by atomic mass is 9.88. The van der Waals surface area contributed by atoms with Crippen molar-refractivity contribution in [2.45, 2.75) is 46.5 Å². The van der Waals surface area contributed by atoms with Gasteiger partial charge in [0.15, 0.2) is 5.58 Å². The Hall–Kier alpha value is -4.39. The molecule has 2 aromatic carbocycles. The van der Waals surface area contributed by atoms with Gasteiger partial charge < -0.3 is 18.5 Å². The monoisotopic (exact) mass is 563 g/mol. The van der Waals surface area contributed by atoms with E-state index in [0.29, 0.717) is 39.0 Å². The van der Waals surface area contributed by atoms with Crippen LogP contribution < -0.4 is 20.5 Å². The minimum atomic E-state index is -0.464. The van der Waals surface area contributed by atoms with Crippen LogP contribution in [0.1, 0.15) is 55.1 Å². The van der Waals surface area contributed by atoms with Gasteiger partial charge in [0.05, 0.1) is 23.6 Å². The van der Waals surface area contributed by atoms with Gasteiger partial charge in [-0.25, -0.2) is 14.2 Å². The molecule has 7 rings (SSSR count). The van der Waals surface area contributed by atoms with Gasteiger partial charge in [-0.15, -0.1) is 0 Å². The number of nitrogens with zero attached hydrogens (tertiary/aromatic N) is 2. The lowest BCUT2D eigenvalue weighted by molar-refractivity contribution is 0.0527. The minimum Gasteiger partial charge on any atom is -0.462 e. The molecule has 3 aliphatic heterocycles. The van der Waals surface area contributed by atoms with Crippen molar-refractivity contribution in [3.8, 4) is 22.5 Å². The third kappa shape index (κ3) is 4.05. The summed E-state index contributed by atoms with van der Waals surface area (Å²) in [5.74, 6) is 0.221. The Balaban J connectivity index is 1.67. The lowest BCUT2D eigenvalue weighted by Gasteiger charge is -2.37. The first kappa shape index (κ1) is 26.5. The molecular weight excluding hydrogens is 528 g/mol. The molecule has 0 fully saturated rings. The molecule has 0 spiro atoms. The summed E-state index contributed by atoms with van der Waals surface area (Å²) in [6, 6.07) is 15.6. The number of fused-ring (bicyclic) bond motifs is 5. The zero-order valence-electron chi connectivity index (χ0n) is 24.4. The van der Waals surface area contributed by atoms with Crippen molar-refractivity contribution in [3.63, 3.8) is 0 Å². The van der Waals surface area contributed by atoms with Crippen molar-refractivity contribution in [3.05, 3.63) is 81.0 Å². The number of carbonyl (C=O) groups excluding carboxylic acids is 1. The molecule has 0 atom stereocenters. The fraction of sp³-hybridized carbons (Fsp3) is 0.343. The molecule has 214 valence electrons. The van der Waals surface area contributed by atoms with Gasteiger partial charge in [0.1, 0.15) is 29.8 Å². The molecule has 0 saturated carbocycles. The third-order valence-corrected chi connectivity index (χ3v) is 8.86. The first-order chi connectivity index (χ1) is 20.5. The standard InChI is InChI=1S/C35H35N2O5/c1-4-36(5-2)22-15-16-25-28(20-22)41-33-27-19-21-11-9-17-37-18-10-14-26(31(21)37)32(27)42-35(39)30(33)29(25)23-12-7-8-13-24(23)34(38)40-6-3/h7-8,12-13,15-16,19-20H,4-6,9-11,14,17-18H2,1-3H3/q+1. The molecule has 1 aromatic heterocycles. The third-order valence-electron chi connectivity index (χ3n) is 8.86. The summed E-state index contributed by atoms with van der Waals surface area (Å²) in [6.07, 6.45) is 3.96. The average molecular weight is 564 g/mol. The van der Waals surface area contributed by atoms with Crippen molar-refractivity contribution in [1.29, 1.82) is 0 Å². The van der Waals surface area contributed by atoms with Gasteiger partial charge in [-0.2, -0.15) is 0 Å². The van der Waals surface area contributed by atoms with E-state index in [1.54, 1.807) is 13.0 Å². The van der Waals surface area contributed by atoms with Crippen LogP contribution in [-0.4, -0.2) is 38.8 Å². The molecule has 0 bridgehead atoms. The Kier molecular flexibility index (Phi) is 6.60. The number of hydrogen-bond donors (Lipinski definition) is 0. The zero-order chi connectivity index (χ0) is 29.0. The Morgan fingerprint density at radius 1 is 0.929 bits per heavy atom. The van der Waals surface area contributed by atoms with Crippen molar-refractivity contribution in [1.82, 2.24) is 4.58 Å². The molecule has 0 saturated heterocycles. The van der Waals surface area contributed by atoms with E-state index in [1.165, 1.54) is 11.3 Å². The first-order valence-corrected chi connectivity index (χ1v) is 15.2. The molecule has 3 aromatic rings. The first-order valence-electron chi connectivity index (χ1n) is 15.2. The molecule has 42 heavy (non-hydrogen) atoms. The molecule has 0 N–H and O–H groups in total. The predicted octanol–water partition coefficient (Wildman–Crippen LogP) is 6.00. The van der Waals surface area contributed by atoms with E-state index in [1.807, 2.05) is 36.4 Å². The number of benzene rings is 3. The second kappa shape index (κ2) is 10.5. The van der Waals surface area contributed by atoms with Crippen LogP contribution >= 0.6 is 0 Å². The highest BCUT2D eigenvalue weighted by molar-refractivity contribution is 6.13. The van der Waals surface area contributed by atoms with Crippen molar-refractivity contribution in [2.24, 2.45) is 0 Å². The second-order valence-electron chi connectivity index (χ2n) is 11.1. The molecule has 4 aliphatic rings. The Morgan fingerprint density at radius 3 is 2.50 bits per heavy atom. The topological polar surface area (TPSA) is 75.9 Å². The Bertz CT molecular complexity index is 1970. The van der Waals surface area contributed by atoms with E-state index in [0.717, 1.165) is 73.7 Å². The van der Waals surface area contributed by atoms with Gasteiger partial charge in [-0.1, -0.05) is 18.2 Å². The van der Waals surface area contributed by atoms with E-state index in [4.69, 9.17) is 13.6 Å². The van der Waals surface area contributed by atoms with E-state index < -0.39 is 11.6 Å². The van der Waals surface area contributed by atoms with Crippen LogP contribution in [0.2, 0.25) is 0 Å². The van der Waals surface area contributed by atoms with Crippen LogP contribution in [0.3, 0.4) is 0 Å². The summed E-state index contributed by atoms with van der Waals surface area (Å²) in [5, 5.41) is 2.20. The smallest absolute Gasteiger partial charge is 0.348 e. The van der Waals surface area contributed by atoms with Crippen LogP contribution in [0.4, 0.5) is 5.69 Å². The highest BCUT2D eigenvalue weighted by atomic mass is 16.5. The molecule has 4 heterocycles. The largest absolute Gasteiger partial charge is 0.462 e.